The Kier molecular flexibility index (Phi) is 4.02. The van der Waals surface area contributed by atoms with E-state index in [1.165, 1.54) is 0 Å². The molecular weight excluding hydrogens is 292 g/mol. The molecule has 0 radical (unpaired) electrons. The van der Waals surface area contributed by atoms with Crippen LogP contribution in [0.25, 0.3) is 21.9 Å². The van der Waals surface area contributed by atoms with Crippen molar-refractivity contribution in [3.63, 3.8) is 0 Å². The highest BCUT2D eigenvalue weighted by molar-refractivity contribution is 6.09. The zero-order valence-electron chi connectivity index (χ0n) is 13.1. The number of fused-ring (bicyclic) bond motifs is 3. The van der Waals surface area contributed by atoms with Crippen molar-refractivity contribution < 1.29 is 13.9 Å². The number of furan rings is 1. The first kappa shape index (κ1) is 15.1. The van der Waals surface area contributed by atoms with E-state index in [0.29, 0.717) is 24.3 Å². The smallest absolute Gasteiger partial charge is 0.213 e. The van der Waals surface area contributed by atoms with Crippen LogP contribution in [0.5, 0.6) is 0 Å². The Labute approximate surface area is 133 Å². The van der Waals surface area contributed by atoms with E-state index in [0.717, 1.165) is 21.9 Å². The summed E-state index contributed by atoms with van der Waals surface area (Å²) in [5.41, 5.74) is 2.89. The largest absolute Gasteiger partial charge is 0.478 e. The van der Waals surface area contributed by atoms with Gasteiger partial charge in [0, 0.05) is 21.9 Å². The molecule has 0 amide bonds. The van der Waals surface area contributed by atoms with E-state index in [-0.39, 0.29) is 11.8 Å². The standard InChI is InChI=1S/C18H18N2O3/c1-3-21-17(19)11-5-7-15-13(9-11)14-10-12(18(20)22-4-2)6-8-16(14)23-15/h5-10,19-20H,3-4H2,1-2H3. The van der Waals surface area contributed by atoms with Gasteiger partial charge in [0.05, 0.1) is 13.2 Å². The topological polar surface area (TPSA) is 79.3 Å². The number of hydrogen-bond acceptors (Lipinski definition) is 5. The maximum Gasteiger partial charge on any atom is 0.213 e. The molecule has 2 aromatic carbocycles. The fourth-order valence-electron chi connectivity index (χ4n) is 2.52. The molecule has 118 valence electrons. The van der Waals surface area contributed by atoms with Crippen LogP contribution < -0.4 is 0 Å². The maximum atomic E-state index is 7.92. The number of ether oxygens (including phenoxy) is 2. The van der Waals surface area contributed by atoms with E-state index in [2.05, 4.69) is 0 Å². The molecule has 0 saturated carbocycles. The van der Waals surface area contributed by atoms with E-state index >= 15 is 0 Å². The summed E-state index contributed by atoms with van der Waals surface area (Å²) in [4.78, 5) is 0. The first-order chi connectivity index (χ1) is 11.1. The zero-order valence-corrected chi connectivity index (χ0v) is 13.1. The summed E-state index contributed by atoms with van der Waals surface area (Å²) in [6.07, 6.45) is 0. The van der Waals surface area contributed by atoms with E-state index in [1.54, 1.807) is 0 Å². The highest BCUT2D eigenvalue weighted by Crippen LogP contribution is 2.30. The van der Waals surface area contributed by atoms with Crippen LogP contribution in [0.4, 0.5) is 0 Å². The van der Waals surface area contributed by atoms with Crippen LogP contribution in [0, 0.1) is 10.8 Å². The van der Waals surface area contributed by atoms with Gasteiger partial charge in [0.15, 0.2) is 0 Å². The van der Waals surface area contributed by atoms with Gasteiger partial charge in [0.2, 0.25) is 11.8 Å². The Balaban J connectivity index is 2.13. The average Bonchev–Trinajstić information content (AvgIpc) is 2.92. The highest BCUT2D eigenvalue weighted by atomic mass is 16.5. The third-order valence-electron chi connectivity index (χ3n) is 3.57. The molecule has 5 heteroatoms. The molecule has 0 bridgehead atoms. The van der Waals surface area contributed by atoms with Gasteiger partial charge in [-0.05, 0) is 50.2 Å². The third kappa shape index (κ3) is 2.77. The first-order valence-corrected chi connectivity index (χ1v) is 7.53. The van der Waals surface area contributed by atoms with Gasteiger partial charge in [-0.1, -0.05) is 0 Å². The predicted octanol–water partition coefficient (Wildman–Crippen LogP) is 4.31. The minimum atomic E-state index is 0.141. The average molecular weight is 310 g/mol. The summed E-state index contributed by atoms with van der Waals surface area (Å²) in [7, 11) is 0. The lowest BCUT2D eigenvalue weighted by atomic mass is 10.1. The molecule has 0 spiro atoms. The molecule has 23 heavy (non-hydrogen) atoms. The molecule has 5 nitrogen and oxygen atoms in total. The van der Waals surface area contributed by atoms with Crippen molar-refractivity contribution in [1.29, 1.82) is 10.8 Å². The monoisotopic (exact) mass is 310 g/mol. The fraction of sp³-hybridized carbons (Fsp3) is 0.222. The SMILES string of the molecule is CCOC(=N)c1ccc2oc3ccc(C(=N)OCC)cc3c2c1. The molecule has 2 N–H and O–H groups in total. The lowest BCUT2D eigenvalue weighted by Gasteiger charge is -2.05. The number of benzene rings is 2. The van der Waals surface area contributed by atoms with Gasteiger partial charge in [-0.15, -0.1) is 0 Å². The van der Waals surface area contributed by atoms with E-state index in [9.17, 15) is 0 Å². The molecule has 3 rings (SSSR count). The Hall–Kier alpha value is -2.82. The van der Waals surface area contributed by atoms with Crippen LogP contribution in [-0.4, -0.2) is 25.0 Å². The summed E-state index contributed by atoms with van der Waals surface area (Å²) in [5.74, 6) is 0.281. The van der Waals surface area contributed by atoms with Gasteiger partial charge < -0.3 is 13.9 Å². The van der Waals surface area contributed by atoms with Gasteiger partial charge in [0.25, 0.3) is 0 Å². The molecule has 0 aliphatic rings. The van der Waals surface area contributed by atoms with Crippen molar-refractivity contribution in [2.45, 2.75) is 13.8 Å². The summed E-state index contributed by atoms with van der Waals surface area (Å²) in [6.45, 7) is 4.62. The normalized spacial score (nSPS) is 10.9. The Morgan fingerprint density at radius 3 is 1.65 bits per heavy atom. The Morgan fingerprint density at radius 2 is 1.26 bits per heavy atom. The van der Waals surface area contributed by atoms with Crippen LogP contribution >= 0.6 is 0 Å². The van der Waals surface area contributed by atoms with Crippen LogP contribution in [0.1, 0.15) is 25.0 Å². The molecule has 1 heterocycles. The van der Waals surface area contributed by atoms with Crippen molar-refractivity contribution in [2.75, 3.05) is 13.2 Å². The predicted molar refractivity (Wildman–Crippen MR) is 90.6 cm³/mol. The molecule has 3 aromatic rings. The van der Waals surface area contributed by atoms with Gasteiger partial charge >= 0.3 is 0 Å². The molecule has 1 aromatic heterocycles. The maximum absolute atomic E-state index is 7.92. The lowest BCUT2D eigenvalue weighted by Crippen LogP contribution is -2.04. The molecule has 0 saturated heterocycles. The van der Waals surface area contributed by atoms with Crippen molar-refractivity contribution in [3.05, 3.63) is 47.5 Å². The number of rotatable bonds is 4. The minimum Gasteiger partial charge on any atom is -0.478 e. The molecular formula is C18H18N2O3. The Bertz CT molecular complexity index is 824. The van der Waals surface area contributed by atoms with Crippen LogP contribution in [-0.2, 0) is 9.47 Å². The summed E-state index contributed by atoms with van der Waals surface area (Å²) < 4.78 is 16.3. The Morgan fingerprint density at radius 1 is 0.826 bits per heavy atom. The summed E-state index contributed by atoms with van der Waals surface area (Å²) in [5, 5.41) is 17.6. The minimum absolute atomic E-state index is 0.141. The van der Waals surface area contributed by atoms with Gasteiger partial charge in [-0.2, -0.15) is 0 Å². The number of nitrogens with one attached hydrogen (secondary N) is 2. The molecule has 0 fully saturated rings. The second-order valence-corrected chi connectivity index (χ2v) is 5.05. The molecule has 0 aliphatic carbocycles. The third-order valence-corrected chi connectivity index (χ3v) is 3.57. The zero-order chi connectivity index (χ0) is 16.4. The molecule has 0 unspecified atom stereocenters. The second-order valence-electron chi connectivity index (χ2n) is 5.05. The van der Waals surface area contributed by atoms with Crippen molar-refractivity contribution in [1.82, 2.24) is 0 Å². The van der Waals surface area contributed by atoms with Crippen molar-refractivity contribution >= 4 is 33.7 Å². The quantitative estimate of drug-likeness (QED) is 0.556. The highest BCUT2D eigenvalue weighted by Gasteiger charge is 2.12. The summed E-state index contributed by atoms with van der Waals surface area (Å²) in [6, 6.07) is 11.1. The molecule has 0 atom stereocenters. The van der Waals surface area contributed by atoms with Gasteiger partial charge in [0.1, 0.15) is 11.2 Å². The van der Waals surface area contributed by atoms with E-state index in [1.807, 2.05) is 50.2 Å². The number of hydrogen-bond donors (Lipinski definition) is 2. The van der Waals surface area contributed by atoms with Crippen molar-refractivity contribution in [2.24, 2.45) is 0 Å². The van der Waals surface area contributed by atoms with Crippen molar-refractivity contribution in [3.8, 4) is 0 Å². The lowest BCUT2D eigenvalue weighted by molar-refractivity contribution is 0.325. The first-order valence-electron chi connectivity index (χ1n) is 7.53. The van der Waals surface area contributed by atoms with E-state index in [4.69, 9.17) is 24.7 Å². The van der Waals surface area contributed by atoms with Gasteiger partial charge in [-0.25, -0.2) is 0 Å². The second kappa shape index (κ2) is 6.12. The van der Waals surface area contributed by atoms with E-state index < -0.39 is 0 Å². The fourth-order valence-corrected chi connectivity index (χ4v) is 2.52. The van der Waals surface area contributed by atoms with Gasteiger partial charge in [-0.3, -0.25) is 10.8 Å². The summed E-state index contributed by atoms with van der Waals surface area (Å²) >= 11 is 0. The van der Waals surface area contributed by atoms with Crippen LogP contribution in [0.3, 0.4) is 0 Å². The molecule has 0 aliphatic heterocycles. The van der Waals surface area contributed by atoms with Crippen LogP contribution in [0.2, 0.25) is 0 Å². The van der Waals surface area contributed by atoms with Crippen LogP contribution in [0.15, 0.2) is 40.8 Å².